The van der Waals surface area contributed by atoms with E-state index < -0.39 is 24.4 Å². The van der Waals surface area contributed by atoms with Crippen molar-refractivity contribution in [1.29, 1.82) is 0 Å². The molecule has 0 aromatic heterocycles. The van der Waals surface area contributed by atoms with E-state index in [1.165, 1.54) is 20.3 Å². The Morgan fingerprint density at radius 2 is 1.84 bits per heavy atom. The van der Waals surface area contributed by atoms with Crippen LogP contribution in [0.25, 0.3) is 0 Å². The molecule has 0 heterocycles. The van der Waals surface area contributed by atoms with Gasteiger partial charge in [0.1, 0.15) is 6.04 Å². The highest BCUT2D eigenvalue weighted by Crippen LogP contribution is 2.30. The lowest BCUT2D eigenvalue weighted by Gasteiger charge is -2.15. The van der Waals surface area contributed by atoms with Gasteiger partial charge in [-0.05, 0) is 12.1 Å². The molecule has 19 heavy (non-hydrogen) atoms. The van der Waals surface area contributed by atoms with Crippen molar-refractivity contribution in [2.75, 3.05) is 19.5 Å². The van der Waals surface area contributed by atoms with Crippen molar-refractivity contribution >= 4 is 17.6 Å². The van der Waals surface area contributed by atoms with E-state index >= 15 is 0 Å². The van der Waals surface area contributed by atoms with Crippen LogP contribution in [-0.4, -0.2) is 42.4 Å². The van der Waals surface area contributed by atoms with E-state index in [1.54, 1.807) is 12.1 Å². The molecule has 1 unspecified atom stereocenters. The summed E-state index contributed by atoms with van der Waals surface area (Å²) in [5.41, 5.74) is 0.436. The van der Waals surface area contributed by atoms with Crippen LogP contribution in [0.1, 0.15) is 6.42 Å². The minimum absolute atomic E-state index is 0.423. The number of ether oxygens (including phenoxy) is 2. The van der Waals surface area contributed by atoms with Crippen molar-refractivity contribution in [3.05, 3.63) is 18.2 Å². The van der Waals surface area contributed by atoms with Crippen LogP contribution in [0.15, 0.2) is 18.2 Å². The van der Waals surface area contributed by atoms with E-state index in [9.17, 15) is 9.59 Å². The molecule has 0 spiro atoms. The van der Waals surface area contributed by atoms with Crippen LogP contribution in [0.2, 0.25) is 0 Å². The summed E-state index contributed by atoms with van der Waals surface area (Å²) in [7, 11) is 2.93. The van der Waals surface area contributed by atoms with Gasteiger partial charge >= 0.3 is 11.9 Å². The molecule has 0 aliphatic heterocycles. The lowest BCUT2D eigenvalue weighted by atomic mass is 10.2. The SMILES string of the molecule is COc1ccc(NC(CC(=O)O)C(=O)O)cc1OC. The molecule has 104 valence electrons. The maximum Gasteiger partial charge on any atom is 0.326 e. The quantitative estimate of drug-likeness (QED) is 0.679. The Labute approximate surface area is 109 Å². The predicted molar refractivity (Wildman–Crippen MR) is 66.8 cm³/mol. The highest BCUT2D eigenvalue weighted by Gasteiger charge is 2.21. The molecular formula is C12H15NO6. The lowest BCUT2D eigenvalue weighted by Crippen LogP contribution is -2.31. The first kappa shape index (κ1) is 14.6. The summed E-state index contributed by atoms with van der Waals surface area (Å²) in [6, 6.07) is 3.51. The van der Waals surface area contributed by atoms with Gasteiger partial charge in [0.05, 0.1) is 20.6 Å². The second kappa shape index (κ2) is 6.48. The second-order valence-electron chi connectivity index (χ2n) is 3.70. The number of carboxylic acids is 2. The monoisotopic (exact) mass is 269 g/mol. The van der Waals surface area contributed by atoms with Crippen molar-refractivity contribution < 1.29 is 29.3 Å². The fourth-order valence-electron chi connectivity index (χ4n) is 1.50. The van der Waals surface area contributed by atoms with Gasteiger partial charge in [-0.15, -0.1) is 0 Å². The number of hydrogen-bond donors (Lipinski definition) is 3. The van der Waals surface area contributed by atoms with E-state index in [0.717, 1.165) is 0 Å². The maximum atomic E-state index is 10.9. The van der Waals surface area contributed by atoms with Crippen LogP contribution in [-0.2, 0) is 9.59 Å². The molecule has 1 aromatic rings. The molecule has 3 N–H and O–H groups in total. The van der Waals surface area contributed by atoms with Gasteiger partial charge in [-0.3, -0.25) is 4.79 Å². The summed E-state index contributed by atoms with van der Waals surface area (Å²) in [5.74, 6) is -1.51. The van der Waals surface area contributed by atoms with E-state index in [2.05, 4.69) is 5.32 Å². The number of hydrogen-bond acceptors (Lipinski definition) is 5. The average Bonchev–Trinajstić information content (AvgIpc) is 2.37. The molecule has 7 heteroatoms. The van der Waals surface area contributed by atoms with Gasteiger partial charge in [0.15, 0.2) is 11.5 Å². The molecule has 1 atom stereocenters. The van der Waals surface area contributed by atoms with Crippen LogP contribution in [0.3, 0.4) is 0 Å². The molecule has 0 saturated carbocycles. The molecule has 0 aliphatic carbocycles. The Balaban J connectivity index is 2.90. The zero-order valence-corrected chi connectivity index (χ0v) is 10.5. The van der Waals surface area contributed by atoms with Gasteiger partial charge in [0.2, 0.25) is 0 Å². The number of benzene rings is 1. The van der Waals surface area contributed by atoms with E-state index in [-0.39, 0.29) is 0 Å². The Morgan fingerprint density at radius 3 is 2.32 bits per heavy atom. The van der Waals surface area contributed by atoms with Crippen molar-refractivity contribution in [3.63, 3.8) is 0 Å². The standard InChI is InChI=1S/C12H15NO6/c1-18-9-4-3-7(5-10(9)19-2)13-8(12(16)17)6-11(14)15/h3-5,8,13H,6H2,1-2H3,(H,14,15)(H,16,17). The molecule has 0 fully saturated rings. The largest absolute Gasteiger partial charge is 0.493 e. The van der Waals surface area contributed by atoms with E-state index in [0.29, 0.717) is 17.2 Å². The molecule has 1 aromatic carbocycles. The van der Waals surface area contributed by atoms with Crippen molar-refractivity contribution in [2.24, 2.45) is 0 Å². The Hall–Kier alpha value is -2.44. The lowest BCUT2D eigenvalue weighted by molar-refractivity contribution is -0.144. The number of methoxy groups -OCH3 is 2. The fraction of sp³-hybridized carbons (Fsp3) is 0.333. The van der Waals surface area contributed by atoms with Gasteiger partial charge in [0, 0.05) is 11.8 Å². The predicted octanol–water partition coefficient (Wildman–Crippen LogP) is 1.04. The van der Waals surface area contributed by atoms with E-state index in [4.69, 9.17) is 19.7 Å². The molecule has 0 saturated heterocycles. The third-order valence-corrected chi connectivity index (χ3v) is 2.40. The van der Waals surface area contributed by atoms with Crippen LogP contribution >= 0.6 is 0 Å². The van der Waals surface area contributed by atoms with Gasteiger partial charge in [-0.25, -0.2) is 4.79 Å². The van der Waals surface area contributed by atoms with Crippen molar-refractivity contribution in [2.45, 2.75) is 12.5 Å². The summed E-state index contributed by atoms with van der Waals surface area (Å²) >= 11 is 0. The smallest absolute Gasteiger partial charge is 0.326 e. The van der Waals surface area contributed by atoms with Crippen LogP contribution in [0.4, 0.5) is 5.69 Å². The number of rotatable bonds is 7. The van der Waals surface area contributed by atoms with Crippen LogP contribution in [0.5, 0.6) is 11.5 Å². The number of aliphatic carboxylic acids is 2. The summed E-state index contributed by atoms with van der Waals surface area (Å²) in [4.78, 5) is 21.5. The van der Waals surface area contributed by atoms with Crippen LogP contribution in [0, 0.1) is 0 Å². The van der Waals surface area contributed by atoms with Crippen molar-refractivity contribution in [1.82, 2.24) is 0 Å². The summed E-state index contributed by atoms with van der Waals surface area (Å²) in [5, 5.41) is 20.2. The molecule has 0 bridgehead atoms. The normalized spacial score (nSPS) is 11.5. The van der Waals surface area contributed by atoms with Crippen LogP contribution < -0.4 is 14.8 Å². The zero-order valence-electron chi connectivity index (χ0n) is 10.5. The van der Waals surface area contributed by atoms with Gasteiger partial charge in [-0.2, -0.15) is 0 Å². The minimum Gasteiger partial charge on any atom is -0.493 e. The minimum atomic E-state index is -1.24. The van der Waals surface area contributed by atoms with Gasteiger partial charge in [0.25, 0.3) is 0 Å². The fourth-order valence-corrected chi connectivity index (χ4v) is 1.50. The Morgan fingerprint density at radius 1 is 1.21 bits per heavy atom. The number of nitrogens with one attached hydrogen (secondary N) is 1. The highest BCUT2D eigenvalue weighted by molar-refractivity contribution is 5.83. The summed E-state index contributed by atoms with van der Waals surface area (Å²) < 4.78 is 10.1. The molecule has 0 aliphatic rings. The zero-order chi connectivity index (χ0) is 14.4. The molecule has 1 rings (SSSR count). The first-order chi connectivity index (χ1) is 8.97. The van der Waals surface area contributed by atoms with Gasteiger partial charge in [-0.1, -0.05) is 0 Å². The molecule has 7 nitrogen and oxygen atoms in total. The van der Waals surface area contributed by atoms with Gasteiger partial charge < -0.3 is 25.0 Å². The topological polar surface area (TPSA) is 105 Å². The highest BCUT2D eigenvalue weighted by atomic mass is 16.5. The average molecular weight is 269 g/mol. The number of carbonyl (C=O) groups is 2. The molecule has 0 amide bonds. The Kier molecular flexibility index (Phi) is 4.99. The number of anilines is 1. The van der Waals surface area contributed by atoms with Crippen molar-refractivity contribution in [3.8, 4) is 11.5 Å². The maximum absolute atomic E-state index is 10.9. The summed E-state index contributed by atoms with van der Waals surface area (Å²) in [6.07, 6.45) is -0.524. The number of carboxylic acid groups (broad SMARTS) is 2. The molecular weight excluding hydrogens is 254 g/mol. The summed E-state index contributed by atoms with van der Waals surface area (Å²) in [6.45, 7) is 0. The van der Waals surface area contributed by atoms with E-state index in [1.807, 2.05) is 0 Å². The molecule has 0 radical (unpaired) electrons. The second-order valence-corrected chi connectivity index (χ2v) is 3.70. The Bertz CT molecular complexity index is 473. The third-order valence-electron chi connectivity index (χ3n) is 2.40. The first-order valence-electron chi connectivity index (χ1n) is 5.41. The first-order valence-corrected chi connectivity index (χ1v) is 5.41. The third kappa shape index (κ3) is 4.06.